The standard InChI is InChI=1S/C22H28FNO3/c1-27-22-18(15-25)3-2-4-20(22)21(26)17-10-13-24(14-11-17)12-9-16-5-7-19(23)8-6-16/h2-8,17,21,25-26H,9-15H2,1H3/i10D2,11D2,12D2,13D2,14D2,17D. The van der Waals surface area contributed by atoms with E-state index in [1.807, 2.05) is 0 Å². The van der Waals surface area contributed by atoms with E-state index in [4.69, 9.17) is 19.8 Å². The number of methoxy groups -OCH3 is 1. The molecule has 3 rings (SSSR count). The van der Waals surface area contributed by atoms with Crippen molar-refractivity contribution in [3.05, 3.63) is 65.0 Å². The van der Waals surface area contributed by atoms with Crippen LogP contribution in [-0.2, 0) is 13.0 Å². The van der Waals surface area contributed by atoms with E-state index in [1.165, 1.54) is 24.3 Å². The Morgan fingerprint density at radius 3 is 2.63 bits per heavy atom. The van der Waals surface area contributed by atoms with Crippen LogP contribution in [0.4, 0.5) is 4.39 Å². The second kappa shape index (κ2) is 9.31. The summed E-state index contributed by atoms with van der Waals surface area (Å²) in [5.74, 6) is -4.48. The van der Waals surface area contributed by atoms with Gasteiger partial charge in [-0.3, -0.25) is 0 Å². The number of aliphatic hydroxyl groups is 2. The molecule has 1 fully saturated rings. The van der Waals surface area contributed by atoms with Crippen LogP contribution >= 0.6 is 0 Å². The number of aryl methyl sites for hydroxylation is 1. The molecule has 4 nitrogen and oxygen atoms in total. The summed E-state index contributed by atoms with van der Waals surface area (Å²) in [6, 6.07) is 8.19. The van der Waals surface area contributed by atoms with Crippen LogP contribution in [0.2, 0.25) is 0 Å². The van der Waals surface area contributed by atoms with Gasteiger partial charge in [-0.2, -0.15) is 0 Å². The molecule has 1 unspecified atom stereocenters. The van der Waals surface area contributed by atoms with Crippen LogP contribution in [0.15, 0.2) is 42.5 Å². The van der Waals surface area contributed by atoms with Gasteiger partial charge in [0.05, 0.1) is 19.8 Å². The zero-order chi connectivity index (χ0) is 29.1. The molecule has 0 spiro atoms. The number of hydrogen-bond acceptors (Lipinski definition) is 4. The number of halogens is 1. The van der Waals surface area contributed by atoms with Crippen molar-refractivity contribution in [2.75, 3.05) is 26.6 Å². The fraction of sp³-hybridized carbons (Fsp3) is 0.455. The molecule has 0 saturated carbocycles. The zero-order valence-corrected chi connectivity index (χ0v) is 14.7. The van der Waals surface area contributed by atoms with Crippen LogP contribution < -0.4 is 4.74 Å². The van der Waals surface area contributed by atoms with Gasteiger partial charge >= 0.3 is 0 Å². The van der Waals surface area contributed by atoms with Crippen LogP contribution in [-0.4, -0.2) is 41.7 Å². The lowest BCUT2D eigenvalue weighted by molar-refractivity contribution is 0.0573. The number of hydrogen-bond donors (Lipinski definition) is 2. The summed E-state index contributed by atoms with van der Waals surface area (Å²) in [6.07, 6.45) is -10.8. The average Bonchev–Trinajstić information content (AvgIpc) is 2.81. The Morgan fingerprint density at radius 1 is 1.30 bits per heavy atom. The van der Waals surface area contributed by atoms with E-state index in [-0.39, 0.29) is 21.8 Å². The summed E-state index contributed by atoms with van der Waals surface area (Å²) >= 11 is 0. The van der Waals surface area contributed by atoms with Gasteiger partial charge in [0.1, 0.15) is 11.6 Å². The summed E-state index contributed by atoms with van der Waals surface area (Å²) in [4.78, 5) is -0.225. The Bertz CT molecular complexity index is 1150. The molecule has 1 heterocycles. The molecular formula is C22H28FNO3. The highest BCUT2D eigenvalue weighted by Gasteiger charge is 2.28. The molecule has 2 aromatic carbocycles. The SMILES string of the molecule is [2H]C([2H])(Cc1ccc(F)cc1)N1C([2H])([2H])C([2H])([2H])C([2H])(C(O)c2cccc(CO)c2OC)C([2H])([2H])C1([2H])[2H]. The molecule has 27 heavy (non-hydrogen) atoms. The smallest absolute Gasteiger partial charge is 0.130 e. The summed E-state index contributed by atoms with van der Waals surface area (Å²) in [5, 5.41) is 20.9. The molecule has 0 bridgehead atoms. The molecule has 5 heteroatoms. The van der Waals surface area contributed by atoms with Gasteiger partial charge in [-0.1, -0.05) is 30.3 Å². The number of aliphatic hydroxyl groups excluding tert-OH is 2. The third-order valence-corrected chi connectivity index (χ3v) is 4.03. The lowest BCUT2D eigenvalue weighted by atomic mass is 9.86. The third-order valence-electron chi connectivity index (χ3n) is 4.03. The fourth-order valence-electron chi connectivity index (χ4n) is 2.63. The summed E-state index contributed by atoms with van der Waals surface area (Å²) < 4.78 is 113. The second-order valence-corrected chi connectivity index (χ2v) is 5.78. The van der Waals surface area contributed by atoms with E-state index in [9.17, 15) is 14.6 Å². The molecule has 0 amide bonds. The van der Waals surface area contributed by atoms with E-state index < -0.39 is 68.6 Å². The van der Waals surface area contributed by atoms with Crippen LogP contribution in [0, 0.1) is 11.7 Å². The molecule has 0 aliphatic carbocycles. The molecule has 0 aromatic heterocycles. The summed E-state index contributed by atoms with van der Waals surface area (Å²) in [7, 11) is 1.15. The van der Waals surface area contributed by atoms with Crippen molar-refractivity contribution in [2.45, 2.75) is 31.9 Å². The number of likely N-dealkylation sites (tertiary alicyclic amines) is 1. The number of benzene rings is 2. The molecule has 0 radical (unpaired) electrons. The first kappa shape index (κ1) is 10.0. The third kappa shape index (κ3) is 4.86. The van der Waals surface area contributed by atoms with Gasteiger partial charge in [0, 0.05) is 32.7 Å². The van der Waals surface area contributed by atoms with Gasteiger partial charge in [-0.05, 0) is 55.8 Å². The van der Waals surface area contributed by atoms with E-state index >= 15 is 0 Å². The molecule has 1 aliphatic heterocycles. The minimum Gasteiger partial charge on any atom is -0.496 e. The molecule has 2 N–H and O–H groups in total. The molecule has 1 atom stereocenters. The molecule has 1 saturated heterocycles. The molecule has 1 aliphatic rings. The number of piperidine rings is 1. The monoisotopic (exact) mass is 384 g/mol. The van der Waals surface area contributed by atoms with Crippen molar-refractivity contribution in [3.8, 4) is 5.75 Å². The Labute approximate surface area is 175 Å². The van der Waals surface area contributed by atoms with Crippen molar-refractivity contribution >= 4 is 0 Å². The lowest BCUT2D eigenvalue weighted by Gasteiger charge is -2.34. The summed E-state index contributed by atoms with van der Waals surface area (Å²) in [6.45, 7) is -11.1. The largest absolute Gasteiger partial charge is 0.496 e. The first-order chi connectivity index (χ1) is 17.3. The van der Waals surface area contributed by atoms with Crippen LogP contribution in [0.1, 0.15) is 50.6 Å². The van der Waals surface area contributed by atoms with Gasteiger partial charge in [0.25, 0.3) is 0 Å². The predicted molar refractivity (Wildman–Crippen MR) is 103 cm³/mol. The number of ether oxygens (including phenoxy) is 1. The Balaban J connectivity index is 2.24. The number of nitrogens with zero attached hydrogens (tertiary/aromatic N) is 1. The van der Waals surface area contributed by atoms with E-state index in [1.54, 1.807) is 0 Å². The maximum Gasteiger partial charge on any atom is 0.130 e. The van der Waals surface area contributed by atoms with E-state index in [0.29, 0.717) is 0 Å². The maximum absolute atomic E-state index is 13.3. The van der Waals surface area contributed by atoms with Crippen LogP contribution in [0.3, 0.4) is 0 Å². The fourth-order valence-corrected chi connectivity index (χ4v) is 2.63. The normalized spacial score (nSPS) is 32.2. The van der Waals surface area contributed by atoms with Crippen molar-refractivity contribution in [3.63, 3.8) is 0 Å². The Kier molecular flexibility index (Phi) is 3.45. The quantitative estimate of drug-likeness (QED) is 0.769. The van der Waals surface area contributed by atoms with Crippen molar-refractivity contribution in [2.24, 2.45) is 5.89 Å². The van der Waals surface area contributed by atoms with Crippen LogP contribution in [0.25, 0.3) is 0 Å². The van der Waals surface area contributed by atoms with Crippen molar-refractivity contribution < 1.29 is 34.4 Å². The van der Waals surface area contributed by atoms with Gasteiger partial charge in [0.2, 0.25) is 0 Å². The Hall–Kier alpha value is -1.95. The van der Waals surface area contributed by atoms with Gasteiger partial charge < -0.3 is 19.8 Å². The van der Waals surface area contributed by atoms with Gasteiger partial charge in [-0.25, -0.2) is 4.39 Å². The maximum atomic E-state index is 13.3. The first-order valence-corrected chi connectivity index (χ1v) is 8.25. The van der Waals surface area contributed by atoms with E-state index in [0.717, 1.165) is 25.3 Å². The Morgan fingerprint density at radius 2 is 2.00 bits per heavy atom. The van der Waals surface area contributed by atoms with Crippen molar-refractivity contribution in [1.29, 1.82) is 0 Å². The summed E-state index contributed by atoms with van der Waals surface area (Å²) in [5.41, 5.74) is -0.207. The number of rotatable bonds is 7. The minimum atomic E-state index is -3.76. The van der Waals surface area contributed by atoms with Crippen molar-refractivity contribution in [1.82, 2.24) is 4.90 Å². The first-order valence-electron chi connectivity index (χ1n) is 13.7. The van der Waals surface area contributed by atoms with E-state index in [2.05, 4.69) is 0 Å². The minimum absolute atomic E-state index is 0.0906. The highest BCUT2D eigenvalue weighted by Crippen LogP contribution is 2.37. The zero-order valence-electron chi connectivity index (χ0n) is 25.7. The average molecular weight is 385 g/mol. The highest BCUT2D eigenvalue weighted by atomic mass is 19.1. The highest BCUT2D eigenvalue weighted by molar-refractivity contribution is 5.42. The van der Waals surface area contributed by atoms with Gasteiger partial charge in [-0.15, -0.1) is 0 Å². The van der Waals surface area contributed by atoms with Gasteiger partial charge in [0.15, 0.2) is 0 Å². The second-order valence-electron chi connectivity index (χ2n) is 5.78. The lowest BCUT2D eigenvalue weighted by Crippen LogP contribution is -2.37. The molecule has 2 aromatic rings. The molecular weight excluding hydrogens is 345 g/mol. The molecule has 146 valence electrons. The predicted octanol–water partition coefficient (Wildman–Crippen LogP) is 3.31. The van der Waals surface area contributed by atoms with Crippen LogP contribution in [0.5, 0.6) is 5.75 Å². The topological polar surface area (TPSA) is 52.9 Å². The number of para-hydroxylation sites is 1.